The van der Waals surface area contributed by atoms with Crippen LogP contribution in [0.15, 0.2) is 0 Å². The Bertz CT molecular complexity index is 102. The van der Waals surface area contributed by atoms with E-state index in [1.54, 1.807) is 0 Å². The van der Waals surface area contributed by atoms with Gasteiger partial charge >= 0.3 is 0 Å². The van der Waals surface area contributed by atoms with Crippen molar-refractivity contribution in [2.75, 3.05) is 26.2 Å². The first kappa shape index (κ1) is 8.83. The standard InChI is InChI=1S/C5H14N2OP2/c9-7-2-1-6-5(3-7)4-8-10/h5-6H,1-4,9-10H2. The van der Waals surface area contributed by atoms with Crippen LogP contribution < -0.4 is 5.32 Å². The van der Waals surface area contributed by atoms with Crippen molar-refractivity contribution in [1.29, 1.82) is 0 Å². The second-order valence-electron chi connectivity index (χ2n) is 2.48. The third-order valence-corrected chi connectivity index (χ3v) is 2.25. The number of hydrogen-bond acceptors (Lipinski definition) is 3. The smallest absolute Gasteiger partial charge is 0.0668 e. The summed E-state index contributed by atoms with van der Waals surface area (Å²) < 4.78 is 7.17. The first-order valence-electron chi connectivity index (χ1n) is 3.37. The van der Waals surface area contributed by atoms with Crippen molar-refractivity contribution in [3.63, 3.8) is 0 Å². The van der Waals surface area contributed by atoms with Crippen LogP contribution in [0.25, 0.3) is 0 Å². The number of nitrogens with one attached hydrogen (secondary N) is 1. The minimum atomic E-state index is 0.490. The Morgan fingerprint density at radius 2 is 2.50 bits per heavy atom. The molecule has 1 aliphatic rings. The summed E-state index contributed by atoms with van der Waals surface area (Å²) >= 11 is 0. The molecule has 10 heavy (non-hydrogen) atoms. The van der Waals surface area contributed by atoms with Gasteiger partial charge in [0, 0.05) is 35.1 Å². The molecule has 60 valence electrons. The molecule has 0 aromatic rings. The highest BCUT2D eigenvalue weighted by molar-refractivity contribution is 7.13. The molecule has 0 amide bonds. The molecular formula is C5H14N2OP2. The van der Waals surface area contributed by atoms with Crippen LogP contribution in [0, 0.1) is 0 Å². The van der Waals surface area contributed by atoms with Gasteiger partial charge in [-0.25, -0.2) is 0 Å². The van der Waals surface area contributed by atoms with Crippen molar-refractivity contribution in [2.45, 2.75) is 6.04 Å². The first-order chi connectivity index (χ1) is 4.83. The summed E-state index contributed by atoms with van der Waals surface area (Å²) in [5, 5.41) is 3.36. The van der Waals surface area contributed by atoms with Crippen LogP contribution in [0.4, 0.5) is 0 Å². The SMILES string of the molecule is POCC1CN(P)CCN1. The molecule has 0 radical (unpaired) electrons. The van der Waals surface area contributed by atoms with Crippen molar-refractivity contribution in [2.24, 2.45) is 0 Å². The fourth-order valence-electron chi connectivity index (χ4n) is 1.08. The molecule has 1 saturated heterocycles. The van der Waals surface area contributed by atoms with Gasteiger partial charge in [-0.05, 0) is 0 Å². The first-order valence-corrected chi connectivity index (χ1v) is 4.36. The highest BCUT2D eigenvalue weighted by atomic mass is 31.0. The van der Waals surface area contributed by atoms with Gasteiger partial charge in [0.25, 0.3) is 0 Å². The van der Waals surface area contributed by atoms with Crippen molar-refractivity contribution in [3.05, 3.63) is 0 Å². The molecule has 1 heterocycles. The normalized spacial score (nSPS) is 28.8. The predicted octanol–water partition coefficient (Wildman–Crippen LogP) is -0.143. The van der Waals surface area contributed by atoms with E-state index in [0.717, 1.165) is 26.2 Å². The maximum absolute atomic E-state index is 4.95. The summed E-state index contributed by atoms with van der Waals surface area (Å²) in [5.74, 6) is 0. The molecule has 3 unspecified atom stereocenters. The maximum Gasteiger partial charge on any atom is 0.0668 e. The summed E-state index contributed by atoms with van der Waals surface area (Å²) in [7, 11) is 4.98. The summed E-state index contributed by atoms with van der Waals surface area (Å²) in [6.45, 7) is 3.99. The van der Waals surface area contributed by atoms with E-state index in [-0.39, 0.29) is 0 Å². The fourth-order valence-corrected chi connectivity index (χ4v) is 1.69. The van der Waals surface area contributed by atoms with Gasteiger partial charge in [0.1, 0.15) is 0 Å². The molecule has 0 aliphatic carbocycles. The van der Waals surface area contributed by atoms with E-state index in [1.807, 2.05) is 0 Å². The van der Waals surface area contributed by atoms with Gasteiger partial charge in [-0.2, -0.15) is 0 Å². The molecule has 1 N–H and O–H groups in total. The molecule has 1 fully saturated rings. The minimum Gasteiger partial charge on any atom is -0.364 e. The average Bonchev–Trinajstić information content (AvgIpc) is 1.88. The predicted molar refractivity (Wildman–Crippen MR) is 48.7 cm³/mol. The van der Waals surface area contributed by atoms with Crippen LogP contribution in [0.3, 0.4) is 0 Å². The lowest BCUT2D eigenvalue weighted by Gasteiger charge is -2.29. The van der Waals surface area contributed by atoms with Gasteiger partial charge in [0.2, 0.25) is 0 Å². The Morgan fingerprint density at radius 1 is 1.70 bits per heavy atom. The zero-order chi connectivity index (χ0) is 7.40. The molecule has 3 atom stereocenters. The van der Waals surface area contributed by atoms with Crippen LogP contribution in [-0.2, 0) is 4.52 Å². The van der Waals surface area contributed by atoms with E-state index in [0.29, 0.717) is 6.04 Å². The number of piperazine rings is 1. The zero-order valence-corrected chi connectivity index (χ0v) is 8.23. The molecular weight excluding hydrogens is 166 g/mol. The Labute approximate surface area is 66.4 Å². The van der Waals surface area contributed by atoms with Crippen LogP contribution in [-0.4, -0.2) is 37.0 Å². The number of nitrogens with zero attached hydrogens (tertiary/aromatic N) is 1. The molecule has 0 bridgehead atoms. The molecule has 0 saturated carbocycles. The molecule has 0 aromatic carbocycles. The Balaban J connectivity index is 2.18. The van der Waals surface area contributed by atoms with E-state index in [4.69, 9.17) is 4.52 Å². The zero-order valence-electron chi connectivity index (χ0n) is 5.92. The lowest BCUT2D eigenvalue weighted by atomic mass is 10.2. The average molecular weight is 180 g/mol. The summed E-state index contributed by atoms with van der Waals surface area (Å²) in [6, 6.07) is 0.490. The van der Waals surface area contributed by atoms with Gasteiger partial charge < -0.3 is 9.84 Å². The van der Waals surface area contributed by atoms with Crippen molar-refractivity contribution >= 4 is 18.9 Å². The van der Waals surface area contributed by atoms with Gasteiger partial charge in [0.15, 0.2) is 0 Å². The highest BCUT2D eigenvalue weighted by Gasteiger charge is 2.15. The molecule has 1 aliphatic heterocycles. The van der Waals surface area contributed by atoms with Gasteiger partial charge in [-0.1, -0.05) is 9.39 Å². The molecule has 5 heteroatoms. The summed E-state index contributed by atoms with van der Waals surface area (Å²) in [5.41, 5.74) is 0. The third-order valence-electron chi connectivity index (χ3n) is 1.58. The van der Waals surface area contributed by atoms with Gasteiger partial charge in [-0.15, -0.1) is 0 Å². The number of rotatable bonds is 2. The monoisotopic (exact) mass is 180 g/mol. The van der Waals surface area contributed by atoms with Crippen LogP contribution in [0.5, 0.6) is 0 Å². The fraction of sp³-hybridized carbons (Fsp3) is 1.00. The third kappa shape index (κ3) is 2.77. The molecule has 0 aromatic heterocycles. The largest absolute Gasteiger partial charge is 0.364 e. The minimum absolute atomic E-state index is 0.490. The maximum atomic E-state index is 4.95. The molecule has 3 nitrogen and oxygen atoms in total. The quantitative estimate of drug-likeness (QED) is 0.598. The van der Waals surface area contributed by atoms with E-state index in [1.165, 1.54) is 0 Å². The van der Waals surface area contributed by atoms with E-state index < -0.39 is 0 Å². The van der Waals surface area contributed by atoms with Crippen LogP contribution >= 0.6 is 18.9 Å². The topological polar surface area (TPSA) is 24.5 Å². The van der Waals surface area contributed by atoms with Gasteiger partial charge in [0.05, 0.1) is 6.61 Å². The second-order valence-corrected chi connectivity index (χ2v) is 3.54. The van der Waals surface area contributed by atoms with E-state index >= 15 is 0 Å². The Morgan fingerprint density at radius 3 is 3.10 bits per heavy atom. The number of hydrogen-bond donors (Lipinski definition) is 1. The molecule has 1 rings (SSSR count). The van der Waals surface area contributed by atoms with Crippen molar-refractivity contribution in [1.82, 2.24) is 9.99 Å². The Hall–Kier alpha value is 0.740. The van der Waals surface area contributed by atoms with E-state index in [9.17, 15) is 0 Å². The molecule has 0 spiro atoms. The summed E-state index contributed by atoms with van der Waals surface area (Å²) in [4.78, 5) is 0. The van der Waals surface area contributed by atoms with Crippen LogP contribution in [0.1, 0.15) is 0 Å². The Kier molecular flexibility index (Phi) is 4.05. The van der Waals surface area contributed by atoms with Crippen molar-refractivity contribution < 1.29 is 4.52 Å². The second kappa shape index (κ2) is 4.58. The summed E-state index contributed by atoms with van der Waals surface area (Å²) in [6.07, 6.45) is 0. The van der Waals surface area contributed by atoms with Crippen molar-refractivity contribution in [3.8, 4) is 0 Å². The lowest BCUT2D eigenvalue weighted by Crippen LogP contribution is -2.48. The van der Waals surface area contributed by atoms with Gasteiger partial charge in [-0.3, -0.25) is 4.67 Å². The van der Waals surface area contributed by atoms with E-state index in [2.05, 4.69) is 28.8 Å². The van der Waals surface area contributed by atoms with Crippen LogP contribution in [0.2, 0.25) is 0 Å². The highest BCUT2D eigenvalue weighted by Crippen LogP contribution is 2.05. The lowest BCUT2D eigenvalue weighted by molar-refractivity contribution is 0.237.